The first kappa shape index (κ1) is 32.7. The zero-order valence-electron chi connectivity index (χ0n) is 17.5. The minimum Gasteiger partial charge on any atom is -0.412 e. The summed E-state index contributed by atoms with van der Waals surface area (Å²) in [5.74, 6) is 0. The molecule has 0 saturated carbocycles. The van der Waals surface area contributed by atoms with E-state index >= 15 is 0 Å². The molecule has 0 bridgehead atoms. The second-order valence-electron chi connectivity index (χ2n) is 6.12. The lowest BCUT2D eigenvalue weighted by molar-refractivity contribution is 0.124. The van der Waals surface area contributed by atoms with E-state index in [9.17, 15) is 14.2 Å². The summed E-state index contributed by atoms with van der Waals surface area (Å²) in [7, 11) is -10.9. The average molecular weight is 568 g/mol. The largest absolute Gasteiger partial charge is 0.412 e. The average Bonchev–Trinajstić information content (AvgIpc) is 2.63. The molecule has 0 aliphatic rings. The van der Waals surface area contributed by atoms with Crippen LogP contribution in [0.2, 0.25) is 0 Å². The molecule has 0 aliphatic carbocycles. The van der Waals surface area contributed by atoms with Crippen LogP contribution in [-0.4, -0.2) is 71.4 Å². The van der Waals surface area contributed by atoms with E-state index in [1.807, 2.05) is 0 Å². The van der Waals surface area contributed by atoms with Crippen molar-refractivity contribution >= 4 is 54.1 Å². The molecule has 9 N–H and O–H groups in total. The minimum atomic E-state index is -5.46. The van der Waals surface area contributed by atoms with E-state index in [0.29, 0.717) is 5.69 Å². The number of benzene rings is 1. The van der Waals surface area contributed by atoms with Crippen molar-refractivity contribution in [2.45, 2.75) is 32.3 Å². The zero-order valence-corrected chi connectivity index (χ0v) is 21.7. The normalized spacial score (nSPS) is 11.8. The highest BCUT2D eigenvalue weighted by Crippen LogP contribution is 2.68. The van der Waals surface area contributed by atoms with Gasteiger partial charge < -0.3 is 45.7 Å². The van der Waals surface area contributed by atoms with Crippen molar-refractivity contribution in [2.24, 2.45) is 0 Å². The Labute approximate surface area is 196 Å². The van der Waals surface area contributed by atoms with E-state index in [-0.39, 0.29) is 17.1 Å². The van der Waals surface area contributed by atoms with Gasteiger partial charge in [0.05, 0.1) is 0 Å². The third-order valence-electron chi connectivity index (χ3n) is 4.12. The van der Waals surface area contributed by atoms with Crippen LogP contribution in [0.5, 0.6) is 0 Å². The van der Waals surface area contributed by atoms with Crippen molar-refractivity contribution < 1.29 is 39.3 Å². The summed E-state index contributed by atoms with van der Waals surface area (Å²) in [6.45, 7) is 9.76. The van der Waals surface area contributed by atoms with Crippen molar-refractivity contribution in [3.05, 3.63) is 28.7 Å². The van der Waals surface area contributed by atoms with Crippen LogP contribution < -0.4 is 10.6 Å². The van der Waals surface area contributed by atoms with Crippen molar-refractivity contribution in [1.82, 2.24) is 10.2 Å². The van der Waals surface area contributed by atoms with Gasteiger partial charge in [0, 0.05) is 23.1 Å². The van der Waals surface area contributed by atoms with Gasteiger partial charge in [-0.3, -0.25) is 9.13 Å². The third-order valence-corrected chi connectivity index (χ3v) is 8.77. The molecule has 11 nitrogen and oxygen atoms in total. The number of thiocarbonyl (C=S) groups is 1. The number of halogens is 1. The quantitative estimate of drug-likeness (QED) is 0.169. The number of rotatable bonds is 9. The van der Waals surface area contributed by atoms with Crippen LogP contribution in [0.1, 0.15) is 27.2 Å². The fourth-order valence-electron chi connectivity index (χ4n) is 2.18. The SMILES string of the molecule is CCN(CC)CC.O.O=P(O)(O)C(O)(CCNC(=S)Nc1ccc(Br)cc1)P(=O)(O)O. The topological polar surface area (TPSA) is 194 Å². The molecular weight excluding hydrogens is 536 g/mol. The Morgan fingerprint density at radius 3 is 1.77 bits per heavy atom. The van der Waals surface area contributed by atoms with Gasteiger partial charge in [-0.2, -0.15) is 0 Å². The predicted molar refractivity (Wildman–Crippen MR) is 129 cm³/mol. The van der Waals surface area contributed by atoms with Gasteiger partial charge >= 0.3 is 15.2 Å². The van der Waals surface area contributed by atoms with Crippen LogP contribution in [0.3, 0.4) is 0 Å². The van der Waals surface area contributed by atoms with Crippen LogP contribution in [-0.2, 0) is 9.13 Å². The Hall–Kier alpha value is -0.430. The van der Waals surface area contributed by atoms with Crippen molar-refractivity contribution in [3.8, 4) is 0 Å². The van der Waals surface area contributed by atoms with E-state index < -0.39 is 26.7 Å². The Morgan fingerprint density at radius 1 is 1.03 bits per heavy atom. The molecule has 0 radical (unpaired) electrons. The molecule has 182 valence electrons. The summed E-state index contributed by atoms with van der Waals surface area (Å²) in [5, 5.41) is 11.6. The molecule has 0 heterocycles. The molecule has 0 spiro atoms. The van der Waals surface area contributed by atoms with Crippen LogP contribution in [0.25, 0.3) is 0 Å². The fourth-order valence-corrected chi connectivity index (χ4v) is 4.83. The van der Waals surface area contributed by atoms with Gasteiger partial charge in [-0.25, -0.2) is 0 Å². The molecule has 15 heteroatoms. The molecule has 1 rings (SSSR count). The molecule has 0 aromatic heterocycles. The minimum absolute atomic E-state index is 0. The van der Waals surface area contributed by atoms with E-state index in [2.05, 4.69) is 52.2 Å². The van der Waals surface area contributed by atoms with Crippen LogP contribution in [0, 0.1) is 0 Å². The Morgan fingerprint density at radius 2 is 1.45 bits per heavy atom. The fraction of sp³-hybridized carbons (Fsp3) is 0.562. The van der Waals surface area contributed by atoms with Crippen LogP contribution in [0.15, 0.2) is 28.7 Å². The van der Waals surface area contributed by atoms with Gasteiger partial charge in [-0.15, -0.1) is 0 Å². The van der Waals surface area contributed by atoms with E-state index in [4.69, 9.17) is 31.8 Å². The number of anilines is 1. The first-order valence-corrected chi connectivity index (χ1v) is 13.5. The van der Waals surface area contributed by atoms with E-state index in [1.54, 1.807) is 24.3 Å². The molecule has 1 aromatic carbocycles. The molecule has 0 fully saturated rings. The molecule has 0 atom stereocenters. The molecule has 1 aromatic rings. The lowest BCUT2D eigenvalue weighted by Gasteiger charge is -2.29. The van der Waals surface area contributed by atoms with Crippen LogP contribution >= 0.6 is 43.3 Å². The van der Waals surface area contributed by atoms with Gasteiger partial charge in [0.15, 0.2) is 5.11 Å². The zero-order chi connectivity index (χ0) is 23.6. The highest BCUT2D eigenvalue weighted by Gasteiger charge is 2.58. The maximum Gasteiger partial charge on any atom is 0.369 e. The summed E-state index contributed by atoms with van der Waals surface area (Å²) < 4.78 is 23.2. The van der Waals surface area contributed by atoms with Gasteiger partial charge in [0.2, 0.25) is 0 Å². The molecule has 0 unspecified atom stereocenters. The number of nitrogens with one attached hydrogen (secondary N) is 2. The first-order chi connectivity index (χ1) is 13.7. The molecule has 0 amide bonds. The third kappa shape index (κ3) is 11.3. The highest BCUT2D eigenvalue weighted by molar-refractivity contribution is 9.10. The predicted octanol–water partition coefficient (Wildman–Crippen LogP) is 1.65. The highest BCUT2D eigenvalue weighted by atomic mass is 79.9. The van der Waals surface area contributed by atoms with Gasteiger partial charge in [-0.1, -0.05) is 36.7 Å². The Bertz CT molecular complexity index is 728. The van der Waals surface area contributed by atoms with Gasteiger partial charge in [0.25, 0.3) is 5.08 Å². The second kappa shape index (κ2) is 14.7. The summed E-state index contributed by atoms with van der Waals surface area (Å²) in [6, 6.07) is 6.93. The number of nitrogens with zero attached hydrogens (tertiary/aromatic N) is 1. The summed E-state index contributed by atoms with van der Waals surface area (Å²) in [4.78, 5) is 38.3. The van der Waals surface area contributed by atoms with E-state index in [1.165, 1.54) is 19.6 Å². The van der Waals surface area contributed by atoms with Crippen molar-refractivity contribution in [2.75, 3.05) is 31.5 Å². The number of hydrogen-bond donors (Lipinski definition) is 7. The lowest BCUT2D eigenvalue weighted by atomic mass is 10.3. The summed E-state index contributed by atoms with van der Waals surface area (Å²) >= 11 is 8.20. The van der Waals surface area contributed by atoms with Crippen molar-refractivity contribution in [1.29, 1.82) is 0 Å². The summed E-state index contributed by atoms with van der Waals surface area (Å²) in [5.41, 5.74) is 0.630. The molecule has 0 aliphatic heterocycles. The second-order valence-corrected chi connectivity index (χ2v) is 11.5. The first-order valence-electron chi connectivity index (χ1n) is 9.08. The summed E-state index contributed by atoms with van der Waals surface area (Å²) in [6.07, 6.45) is -0.899. The maximum absolute atomic E-state index is 11.2. The Kier molecular flexibility index (Phi) is 15.5. The smallest absolute Gasteiger partial charge is 0.369 e. The number of hydrogen-bond acceptors (Lipinski definition) is 5. The van der Waals surface area contributed by atoms with E-state index in [0.717, 1.165) is 4.47 Å². The van der Waals surface area contributed by atoms with Gasteiger partial charge in [-0.05, 0) is 56.1 Å². The maximum atomic E-state index is 11.2. The lowest BCUT2D eigenvalue weighted by Crippen LogP contribution is -2.36. The monoisotopic (exact) mass is 567 g/mol. The van der Waals surface area contributed by atoms with Gasteiger partial charge in [0.1, 0.15) is 0 Å². The molecular formula is C16H32BrN3O8P2S. The Balaban J connectivity index is 0. The standard InChI is InChI=1S/C10H15BrN2O7P2S.C6H15N.H2O/c11-7-1-3-8(4-2-7)13-9(23)12-6-5-10(14,21(15,16)17)22(18,19)20;1-4-7(5-2)6-3;/h1-4,14H,5-6H2,(H2,12,13,23)(H2,15,16,17)(H2,18,19,20);4-6H2,1-3H3;1H2. The number of aliphatic hydroxyl groups is 1. The molecule has 31 heavy (non-hydrogen) atoms. The van der Waals surface area contributed by atoms with Crippen LogP contribution in [0.4, 0.5) is 5.69 Å². The van der Waals surface area contributed by atoms with Crippen molar-refractivity contribution in [3.63, 3.8) is 0 Å². The molecule has 0 saturated heterocycles.